The van der Waals surface area contributed by atoms with Gasteiger partial charge in [0.2, 0.25) is 10.0 Å². The van der Waals surface area contributed by atoms with Crippen molar-refractivity contribution in [3.05, 3.63) is 59.2 Å². The number of halogens is 1. The summed E-state index contributed by atoms with van der Waals surface area (Å²) < 4.78 is 35.4. The Bertz CT molecular complexity index is 1270. The molecule has 9 heteroatoms. The number of ether oxygens (including phenoxy) is 1. The van der Waals surface area contributed by atoms with Crippen LogP contribution in [0.3, 0.4) is 0 Å². The van der Waals surface area contributed by atoms with E-state index in [1.54, 1.807) is 41.0 Å². The Kier molecular flexibility index (Phi) is 6.70. The molecule has 0 saturated carbocycles. The Morgan fingerprint density at radius 1 is 1.24 bits per heavy atom. The number of carboxylic acid groups (broad SMARTS) is 1. The second-order valence-electron chi connectivity index (χ2n) is 8.42. The van der Waals surface area contributed by atoms with Crippen LogP contribution in [0.4, 0.5) is 0 Å². The number of aliphatic carboxylic acids is 1. The molecule has 7 nitrogen and oxygen atoms in total. The molecule has 33 heavy (non-hydrogen) atoms. The SMILES string of the molecule is CC[C@H](C)Oc1ccc(S(=O)(=O)N2CCC(c3cn(CC(=O)O)c4ccc(Cl)cc34)C2)cc1. The van der Waals surface area contributed by atoms with Crippen LogP contribution in [0.2, 0.25) is 5.02 Å². The summed E-state index contributed by atoms with van der Waals surface area (Å²) in [6, 6.07) is 11.9. The molecule has 0 spiro atoms. The molecule has 0 aliphatic carbocycles. The van der Waals surface area contributed by atoms with Gasteiger partial charge >= 0.3 is 5.97 Å². The van der Waals surface area contributed by atoms with Gasteiger partial charge in [-0.05, 0) is 67.8 Å². The van der Waals surface area contributed by atoms with Crippen molar-refractivity contribution in [1.82, 2.24) is 8.87 Å². The normalized spacial score (nSPS) is 18.0. The highest BCUT2D eigenvalue weighted by Gasteiger charge is 2.34. The van der Waals surface area contributed by atoms with Gasteiger partial charge in [0.15, 0.2) is 0 Å². The third kappa shape index (κ3) is 4.88. The molecule has 2 aromatic carbocycles. The van der Waals surface area contributed by atoms with Crippen molar-refractivity contribution in [2.45, 2.75) is 50.2 Å². The van der Waals surface area contributed by atoms with E-state index in [1.165, 1.54) is 4.31 Å². The van der Waals surface area contributed by atoms with Crippen molar-refractivity contribution >= 4 is 38.5 Å². The van der Waals surface area contributed by atoms with Crippen molar-refractivity contribution in [1.29, 1.82) is 0 Å². The first-order valence-corrected chi connectivity index (χ1v) is 12.8. The minimum atomic E-state index is -3.65. The maximum Gasteiger partial charge on any atom is 0.323 e. The third-order valence-electron chi connectivity index (χ3n) is 6.14. The molecule has 1 aliphatic heterocycles. The summed E-state index contributed by atoms with van der Waals surface area (Å²) in [6.07, 6.45) is 3.39. The van der Waals surface area contributed by atoms with E-state index >= 15 is 0 Å². The lowest BCUT2D eigenvalue weighted by atomic mass is 9.98. The predicted molar refractivity (Wildman–Crippen MR) is 128 cm³/mol. The number of carbonyl (C=O) groups is 1. The lowest BCUT2D eigenvalue weighted by Crippen LogP contribution is -2.28. The summed E-state index contributed by atoms with van der Waals surface area (Å²) in [7, 11) is -3.65. The summed E-state index contributed by atoms with van der Waals surface area (Å²) >= 11 is 6.20. The van der Waals surface area contributed by atoms with Gasteiger partial charge in [0, 0.05) is 41.1 Å². The minimum absolute atomic E-state index is 0.0520. The molecule has 0 radical (unpaired) electrons. The number of carboxylic acids is 1. The van der Waals surface area contributed by atoms with Crippen molar-refractivity contribution in [2.75, 3.05) is 13.1 Å². The molecule has 1 aromatic heterocycles. The minimum Gasteiger partial charge on any atom is -0.491 e. The summed E-state index contributed by atoms with van der Waals surface area (Å²) in [5.41, 5.74) is 1.69. The monoisotopic (exact) mass is 490 g/mol. The lowest BCUT2D eigenvalue weighted by Gasteiger charge is -2.17. The topological polar surface area (TPSA) is 88.8 Å². The quantitative estimate of drug-likeness (QED) is 0.493. The predicted octanol–water partition coefficient (Wildman–Crippen LogP) is 4.73. The molecule has 1 unspecified atom stereocenters. The fourth-order valence-corrected chi connectivity index (χ4v) is 5.93. The zero-order valence-corrected chi connectivity index (χ0v) is 20.1. The van der Waals surface area contributed by atoms with Gasteiger partial charge in [-0.25, -0.2) is 8.42 Å². The maximum absolute atomic E-state index is 13.3. The van der Waals surface area contributed by atoms with Gasteiger partial charge in [-0.2, -0.15) is 4.31 Å². The fourth-order valence-electron chi connectivity index (χ4n) is 4.25. The van der Waals surface area contributed by atoms with Crippen molar-refractivity contribution < 1.29 is 23.1 Å². The van der Waals surface area contributed by atoms with Crippen LogP contribution >= 0.6 is 11.6 Å². The van der Waals surface area contributed by atoms with Gasteiger partial charge < -0.3 is 14.4 Å². The number of fused-ring (bicyclic) bond motifs is 1. The van der Waals surface area contributed by atoms with Crippen molar-refractivity contribution in [3.63, 3.8) is 0 Å². The Hall–Kier alpha value is -2.55. The Morgan fingerprint density at radius 2 is 1.97 bits per heavy atom. The smallest absolute Gasteiger partial charge is 0.323 e. The van der Waals surface area contributed by atoms with Crippen LogP contribution in [0.15, 0.2) is 53.6 Å². The molecular weight excluding hydrogens is 464 g/mol. The van der Waals surface area contributed by atoms with Gasteiger partial charge in [0.05, 0.1) is 11.0 Å². The highest BCUT2D eigenvalue weighted by molar-refractivity contribution is 7.89. The number of hydrogen-bond acceptors (Lipinski definition) is 4. The molecule has 2 atom stereocenters. The van der Waals surface area contributed by atoms with Crippen LogP contribution in [-0.2, 0) is 21.4 Å². The maximum atomic E-state index is 13.3. The fraction of sp³-hybridized carbons (Fsp3) is 0.375. The van der Waals surface area contributed by atoms with Crippen molar-refractivity contribution in [3.8, 4) is 5.75 Å². The van der Waals surface area contributed by atoms with Gasteiger partial charge in [0.1, 0.15) is 12.3 Å². The zero-order chi connectivity index (χ0) is 23.8. The third-order valence-corrected chi connectivity index (χ3v) is 8.26. The second kappa shape index (κ2) is 9.37. The number of nitrogens with zero attached hydrogens (tertiary/aromatic N) is 2. The number of hydrogen-bond donors (Lipinski definition) is 1. The first-order chi connectivity index (χ1) is 15.7. The van der Waals surface area contributed by atoms with Crippen LogP contribution in [0.5, 0.6) is 5.75 Å². The van der Waals surface area contributed by atoms with Gasteiger partial charge in [-0.15, -0.1) is 0 Å². The van der Waals surface area contributed by atoms with E-state index in [9.17, 15) is 18.3 Å². The van der Waals surface area contributed by atoms with Gasteiger partial charge in [-0.1, -0.05) is 18.5 Å². The average molecular weight is 491 g/mol. The van der Waals surface area contributed by atoms with E-state index in [4.69, 9.17) is 16.3 Å². The highest BCUT2D eigenvalue weighted by Crippen LogP contribution is 2.37. The largest absolute Gasteiger partial charge is 0.491 e. The summed E-state index contributed by atoms with van der Waals surface area (Å²) in [5, 5.41) is 10.7. The molecule has 1 aliphatic rings. The highest BCUT2D eigenvalue weighted by atomic mass is 35.5. The van der Waals surface area contributed by atoms with Crippen LogP contribution in [0.1, 0.15) is 38.2 Å². The Morgan fingerprint density at radius 3 is 2.64 bits per heavy atom. The molecule has 2 heterocycles. The van der Waals surface area contributed by atoms with Crippen LogP contribution in [0, 0.1) is 0 Å². The first kappa shape index (κ1) is 23.6. The molecule has 1 saturated heterocycles. The lowest BCUT2D eigenvalue weighted by molar-refractivity contribution is -0.137. The summed E-state index contributed by atoms with van der Waals surface area (Å²) in [4.78, 5) is 11.5. The van der Waals surface area contributed by atoms with E-state index in [2.05, 4.69) is 0 Å². The van der Waals surface area contributed by atoms with Crippen LogP contribution in [0.25, 0.3) is 10.9 Å². The Balaban J connectivity index is 1.57. The molecule has 1 N–H and O–H groups in total. The molecule has 176 valence electrons. The molecule has 0 bridgehead atoms. The van der Waals surface area contributed by atoms with E-state index in [-0.39, 0.29) is 23.5 Å². The summed E-state index contributed by atoms with van der Waals surface area (Å²) in [6.45, 7) is 4.55. The molecule has 1 fully saturated rings. The molecular formula is C24H27ClN2O5S. The van der Waals surface area contributed by atoms with E-state index in [1.807, 2.05) is 26.1 Å². The van der Waals surface area contributed by atoms with E-state index < -0.39 is 16.0 Å². The van der Waals surface area contributed by atoms with E-state index in [0.29, 0.717) is 30.3 Å². The van der Waals surface area contributed by atoms with Gasteiger partial charge in [0.25, 0.3) is 0 Å². The number of rotatable bonds is 8. The average Bonchev–Trinajstić information content (AvgIpc) is 3.39. The number of benzene rings is 2. The van der Waals surface area contributed by atoms with Crippen molar-refractivity contribution in [2.24, 2.45) is 0 Å². The molecule has 0 amide bonds. The van der Waals surface area contributed by atoms with Gasteiger partial charge in [-0.3, -0.25) is 4.79 Å². The Labute approximate surface area is 198 Å². The molecule has 3 aromatic rings. The van der Waals surface area contributed by atoms with Crippen LogP contribution < -0.4 is 4.74 Å². The number of aromatic nitrogens is 1. The first-order valence-electron chi connectivity index (χ1n) is 11.0. The summed E-state index contributed by atoms with van der Waals surface area (Å²) in [5.74, 6) is -0.348. The zero-order valence-electron chi connectivity index (χ0n) is 18.6. The molecule has 4 rings (SSSR count). The van der Waals surface area contributed by atoms with E-state index in [0.717, 1.165) is 22.9 Å². The number of sulfonamides is 1. The standard InChI is InChI=1S/C24H27ClN2O5S/c1-3-16(2)32-19-5-7-20(8-6-19)33(30,31)27-11-10-17(13-27)22-14-26(15-24(28)29)23-9-4-18(25)12-21(22)23/h4-9,12,14,16-17H,3,10-11,13,15H2,1-2H3,(H,28,29)/t16-,17?/m0/s1. The van der Waals surface area contributed by atoms with Crippen LogP contribution in [-0.4, -0.2) is 47.6 Å². The second-order valence-corrected chi connectivity index (χ2v) is 10.8.